The van der Waals surface area contributed by atoms with Gasteiger partial charge in [0.15, 0.2) is 0 Å². The molecule has 2 aromatic heterocycles. The Kier molecular flexibility index (Phi) is 6.96. The third-order valence-electron chi connectivity index (χ3n) is 4.32. The first-order chi connectivity index (χ1) is 13.5. The van der Waals surface area contributed by atoms with Gasteiger partial charge in [-0.1, -0.05) is 6.07 Å². The van der Waals surface area contributed by atoms with Gasteiger partial charge in [0.25, 0.3) is 5.91 Å². The van der Waals surface area contributed by atoms with E-state index in [-0.39, 0.29) is 11.9 Å². The van der Waals surface area contributed by atoms with E-state index in [4.69, 9.17) is 9.90 Å². The third kappa shape index (κ3) is 6.01. The van der Waals surface area contributed by atoms with Crippen LogP contribution in [-0.4, -0.2) is 66.6 Å². The minimum absolute atomic E-state index is 0.117. The lowest BCUT2D eigenvalue weighted by Crippen LogP contribution is -2.41. The molecule has 2 N–H and O–H groups in total. The maximum absolute atomic E-state index is 12.7. The highest BCUT2D eigenvalue weighted by Gasteiger charge is 2.38. The molecular formula is C18H21F3N4O4. The first-order valence-corrected chi connectivity index (χ1v) is 8.69. The fourth-order valence-corrected chi connectivity index (χ4v) is 2.96. The minimum Gasteiger partial charge on any atom is -0.475 e. The summed E-state index contributed by atoms with van der Waals surface area (Å²) >= 11 is 0. The predicted molar refractivity (Wildman–Crippen MR) is 95.0 cm³/mol. The molecule has 0 bridgehead atoms. The van der Waals surface area contributed by atoms with Crippen LogP contribution in [0.15, 0.2) is 30.6 Å². The van der Waals surface area contributed by atoms with E-state index >= 15 is 0 Å². The molecule has 1 saturated heterocycles. The maximum Gasteiger partial charge on any atom is 0.490 e. The Morgan fingerprint density at radius 2 is 1.97 bits per heavy atom. The zero-order valence-corrected chi connectivity index (χ0v) is 15.8. The molecule has 0 aromatic carbocycles. The smallest absolute Gasteiger partial charge is 0.475 e. The van der Waals surface area contributed by atoms with Crippen molar-refractivity contribution < 1.29 is 33.0 Å². The molecule has 0 spiro atoms. The van der Waals surface area contributed by atoms with Crippen LogP contribution in [0.2, 0.25) is 0 Å². The molecular weight excluding hydrogens is 393 g/mol. The van der Waals surface area contributed by atoms with Gasteiger partial charge in [0.1, 0.15) is 5.69 Å². The number of carboxylic acid groups (broad SMARTS) is 1. The SMILES string of the molecule is Cc1cccc(C(=O)N2CC[C@@H](O)[C@@H]2Cc2cnn(C)c2)n1.O=C(O)C(F)(F)F. The van der Waals surface area contributed by atoms with Crippen molar-refractivity contribution in [3.8, 4) is 0 Å². The summed E-state index contributed by atoms with van der Waals surface area (Å²) in [5, 5.41) is 21.5. The topological polar surface area (TPSA) is 109 Å². The number of pyridine rings is 1. The molecule has 8 nitrogen and oxygen atoms in total. The highest BCUT2D eigenvalue weighted by Crippen LogP contribution is 2.23. The second kappa shape index (κ2) is 9.03. The number of aliphatic hydroxyl groups is 1. The molecule has 3 heterocycles. The van der Waals surface area contributed by atoms with Gasteiger partial charge in [0.05, 0.1) is 18.3 Å². The van der Waals surface area contributed by atoms with Gasteiger partial charge in [0.2, 0.25) is 0 Å². The molecule has 158 valence electrons. The van der Waals surface area contributed by atoms with Gasteiger partial charge in [-0.25, -0.2) is 9.78 Å². The van der Waals surface area contributed by atoms with Crippen LogP contribution in [0.4, 0.5) is 13.2 Å². The van der Waals surface area contributed by atoms with E-state index in [0.717, 1.165) is 11.3 Å². The number of aromatic nitrogens is 3. The van der Waals surface area contributed by atoms with Crippen molar-refractivity contribution in [1.82, 2.24) is 19.7 Å². The molecule has 2 atom stereocenters. The van der Waals surface area contributed by atoms with Gasteiger partial charge in [-0.2, -0.15) is 18.3 Å². The zero-order valence-electron chi connectivity index (χ0n) is 15.8. The summed E-state index contributed by atoms with van der Waals surface area (Å²) in [4.78, 5) is 27.6. The lowest BCUT2D eigenvalue weighted by atomic mass is 10.0. The summed E-state index contributed by atoms with van der Waals surface area (Å²) in [6.07, 6.45) is -0.694. The molecule has 11 heteroatoms. The van der Waals surface area contributed by atoms with Gasteiger partial charge in [0, 0.05) is 25.5 Å². The molecule has 1 aliphatic rings. The molecule has 3 rings (SSSR count). The standard InChI is InChI=1S/C16H20N4O2.C2HF3O2/c1-11-4-3-5-13(18-11)16(22)20-7-6-15(21)14(20)8-12-9-17-19(2)10-12;3-2(4,5)1(6)7/h3-5,9-10,14-15,21H,6-8H2,1-2H3;(H,6,7)/t14-,15+;/m0./s1. The number of carbonyl (C=O) groups is 2. The quantitative estimate of drug-likeness (QED) is 0.790. The Morgan fingerprint density at radius 3 is 2.48 bits per heavy atom. The fourth-order valence-electron chi connectivity index (χ4n) is 2.96. The van der Waals surface area contributed by atoms with Crippen LogP contribution in [0.1, 0.15) is 28.2 Å². The van der Waals surface area contributed by atoms with Crippen LogP contribution in [0.3, 0.4) is 0 Å². The Labute approximate surface area is 164 Å². The predicted octanol–water partition coefficient (Wildman–Crippen LogP) is 1.57. The number of amides is 1. The summed E-state index contributed by atoms with van der Waals surface area (Å²) in [5.74, 6) is -2.87. The van der Waals surface area contributed by atoms with E-state index in [1.165, 1.54) is 0 Å². The highest BCUT2D eigenvalue weighted by atomic mass is 19.4. The Bertz CT molecular complexity index is 869. The molecule has 1 aliphatic heterocycles. The third-order valence-corrected chi connectivity index (χ3v) is 4.32. The summed E-state index contributed by atoms with van der Waals surface area (Å²) in [6, 6.07) is 5.20. The number of aliphatic carboxylic acids is 1. The first-order valence-electron chi connectivity index (χ1n) is 8.69. The monoisotopic (exact) mass is 414 g/mol. The number of carbonyl (C=O) groups excluding carboxylic acids is 1. The summed E-state index contributed by atoms with van der Waals surface area (Å²) in [5.41, 5.74) is 2.27. The van der Waals surface area contributed by atoms with Crippen molar-refractivity contribution in [3.63, 3.8) is 0 Å². The van der Waals surface area contributed by atoms with E-state index in [9.17, 15) is 23.1 Å². The van der Waals surface area contributed by atoms with Crippen molar-refractivity contribution in [1.29, 1.82) is 0 Å². The first kappa shape index (κ1) is 22.3. The van der Waals surface area contributed by atoms with E-state index in [2.05, 4.69) is 10.1 Å². The molecule has 0 aliphatic carbocycles. The number of halogens is 3. The van der Waals surface area contributed by atoms with E-state index in [0.29, 0.717) is 25.1 Å². The summed E-state index contributed by atoms with van der Waals surface area (Å²) in [7, 11) is 1.86. The highest BCUT2D eigenvalue weighted by molar-refractivity contribution is 5.92. The van der Waals surface area contributed by atoms with Crippen molar-refractivity contribution in [3.05, 3.63) is 47.5 Å². The zero-order chi connectivity index (χ0) is 21.8. The van der Waals surface area contributed by atoms with Crippen LogP contribution in [-0.2, 0) is 18.3 Å². The number of aliphatic hydroxyl groups excluding tert-OH is 1. The number of aryl methyl sites for hydroxylation is 2. The Hall–Kier alpha value is -2.95. The van der Waals surface area contributed by atoms with Crippen molar-refractivity contribution in [2.75, 3.05) is 6.54 Å². The van der Waals surface area contributed by atoms with Gasteiger partial charge < -0.3 is 15.1 Å². The van der Waals surface area contributed by atoms with E-state index in [1.807, 2.05) is 32.3 Å². The van der Waals surface area contributed by atoms with Crippen LogP contribution < -0.4 is 0 Å². The minimum atomic E-state index is -5.08. The Balaban J connectivity index is 0.000000370. The average molecular weight is 414 g/mol. The van der Waals surface area contributed by atoms with Gasteiger partial charge in [-0.05, 0) is 37.5 Å². The number of hydrogen-bond acceptors (Lipinski definition) is 5. The van der Waals surface area contributed by atoms with Gasteiger partial charge in [-0.15, -0.1) is 0 Å². The van der Waals surface area contributed by atoms with Crippen molar-refractivity contribution in [2.45, 2.75) is 38.1 Å². The van der Waals surface area contributed by atoms with Crippen molar-refractivity contribution in [2.24, 2.45) is 7.05 Å². The molecule has 2 aromatic rings. The number of likely N-dealkylation sites (tertiary alicyclic amines) is 1. The van der Waals surface area contributed by atoms with Crippen LogP contribution in [0.5, 0.6) is 0 Å². The molecule has 29 heavy (non-hydrogen) atoms. The molecule has 0 unspecified atom stereocenters. The number of carboxylic acids is 1. The number of alkyl halides is 3. The fraction of sp³-hybridized carbons (Fsp3) is 0.444. The second-order valence-electron chi connectivity index (χ2n) is 6.62. The van der Waals surface area contributed by atoms with Gasteiger partial charge in [-0.3, -0.25) is 9.48 Å². The average Bonchev–Trinajstić information content (AvgIpc) is 3.20. The van der Waals surface area contributed by atoms with E-state index < -0.39 is 18.2 Å². The van der Waals surface area contributed by atoms with Crippen LogP contribution in [0.25, 0.3) is 0 Å². The maximum atomic E-state index is 12.7. The number of nitrogens with zero attached hydrogens (tertiary/aromatic N) is 4. The van der Waals surface area contributed by atoms with Crippen LogP contribution in [0, 0.1) is 6.92 Å². The summed E-state index contributed by atoms with van der Waals surface area (Å²) < 4.78 is 33.5. The number of rotatable bonds is 3. The van der Waals surface area contributed by atoms with Gasteiger partial charge >= 0.3 is 12.1 Å². The van der Waals surface area contributed by atoms with E-state index in [1.54, 1.807) is 21.8 Å². The second-order valence-corrected chi connectivity index (χ2v) is 6.62. The lowest BCUT2D eigenvalue weighted by Gasteiger charge is -2.25. The number of hydrogen-bond donors (Lipinski definition) is 2. The molecule has 0 radical (unpaired) electrons. The molecule has 0 saturated carbocycles. The Morgan fingerprint density at radius 1 is 1.31 bits per heavy atom. The largest absolute Gasteiger partial charge is 0.490 e. The van der Waals surface area contributed by atoms with Crippen LogP contribution >= 0.6 is 0 Å². The summed E-state index contributed by atoms with van der Waals surface area (Å²) in [6.45, 7) is 2.42. The molecule has 1 fully saturated rings. The lowest BCUT2D eigenvalue weighted by molar-refractivity contribution is -0.192. The normalized spacial score (nSPS) is 18.9. The molecule has 1 amide bonds. The van der Waals surface area contributed by atoms with Crippen molar-refractivity contribution >= 4 is 11.9 Å².